The van der Waals surface area contributed by atoms with Crippen molar-refractivity contribution in [3.63, 3.8) is 0 Å². The largest absolute Gasteiger partial charge is 0.327 e. The van der Waals surface area contributed by atoms with Gasteiger partial charge in [-0.05, 0) is 22.7 Å². The van der Waals surface area contributed by atoms with E-state index < -0.39 is 0 Å². The molecule has 1 aliphatic rings. The topological polar surface area (TPSA) is 26.0 Å². The minimum Gasteiger partial charge on any atom is -0.327 e. The van der Waals surface area contributed by atoms with Gasteiger partial charge in [-0.25, -0.2) is 0 Å². The van der Waals surface area contributed by atoms with E-state index in [2.05, 4.69) is 41.5 Å². The summed E-state index contributed by atoms with van der Waals surface area (Å²) >= 11 is 0. The van der Waals surface area contributed by atoms with Gasteiger partial charge >= 0.3 is 0 Å². The third kappa shape index (κ3) is 1.41. The van der Waals surface area contributed by atoms with Crippen molar-refractivity contribution in [2.24, 2.45) is 28.4 Å². The molecule has 1 rings (SSSR count). The quantitative estimate of drug-likeness (QED) is 0.715. The van der Waals surface area contributed by atoms with Crippen molar-refractivity contribution in [1.82, 2.24) is 0 Å². The van der Waals surface area contributed by atoms with E-state index in [1.807, 2.05) is 0 Å². The van der Waals surface area contributed by atoms with Gasteiger partial charge in [-0.15, -0.1) is 0 Å². The van der Waals surface area contributed by atoms with E-state index in [1.165, 1.54) is 6.42 Å². The first-order chi connectivity index (χ1) is 5.76. The fraction of sp³-hybridized carbons (Fsp3) is 1.00. The molecule has 0 saturated heterocycles. The van der Waals surface area contributed by atoms with E-state index in [0.717, 1.165) is 0 Å². The molecule has 1 heteroatoms. The summed E-state index contributed by atoms with van der Waals surface area (Å²) in [7, 11) is 0. The Hall–Kier alpha value is -0.0400. The summed E-state index contributed by atoms with van der Waals surface area (Å²) in [5.74, 6) is 1.36. The maximum Gasteiger partial charge on any atom is 0.0103 e. The predicted octanol–water partition coefficient (Wildman–Crippen LogP) is 3.04. The molecule has 0 aromatic rings. The van der Waals surface area contributed by atoms with Crippen molar-refractivity contribution < 1.29 is 0 Å². The standard InChI is InChI=1S/C12H25N/c1-7-8(2)9(13)10-11(3,4)12(10,5)6/h8-10H,7,13H2,1-6H3. The van der Waals surface area contributed by atoms with Crippen LogP contribution in [0.2, 0.25) is 0 Å². The molecule has 0 spiro atoms. The van der Waals surface area contributed by atoms with Crippen LogP contribution in [0, 0.1) is 22.7 Å². The molecule has 1 saturated carbocycles. The number of hydrogen-bond acceptors (Lipinski definition) is 1. The molecule has 0 heterocycles. The summed E-state index contributed by atoms with van der Waals surface area (Å²) < 4.78 is 0. The Balaban J connectivity index is 2.67. The summed E-state index contributed by atoms with van der Waals surface area (Å²) in [6, 6.07) is 0.384. The minimum atomic E-state index is 0.384. The Kier molecular flexibility index (Phi) is 2.53. The molecule has 0 amide bonds. The number of nitrogens with two attached hydrogens (primary N) is 1. The van der Waals surface area contributed by atoms with Crippen molar-refractivity contribution in [2.75, 3.05) is 0 Å². The van der Waals surface area contributed by atoms with Crippen molar-refractivity contribution in [1.29, 1.82) is 0 Å². The van der Waals surface area contributed by atoms with Crippen LogP contribution < -0.4 is 5.73 Å². The van der Waals surface area contributed by atoms with Gasteiger partial charge in [0, 0.05) is 6.04 Å². The van der Waals surface area contributed by atoms with Crippen LogP contribution in [-0.2, 0) is 0 Å². The zero-order valence-corrected chi connectivity index (χ0v) is 10.0. The summed E-state index contributed by atoms with van der Waals surface area (Å²) in [5.41, 5.74) is 7.16. The maximum atomic E-state index is 6.28. The van der Waals surface area contributed by atoms with Gasteiger partial charge in [0.25, 0.3) is 0 Å². The maximum absolute atomic E-state index is 6.28. The molecule has 1 fully saturated rings. The van der Waals surface area contributed by atoms with Crippen LogP contribution in [0.3, 0.4) is 0 Å². The average Bonchev–Trinajstić information content (AvgIpc) is 2.41. The van der Waals surface area contributed by atoms with Gasteiger partial charge < -0.3 is 5.73 Å². The fourth-order valence-electron chi connectivity index (χ4n) is 2.81. The van der Waals surface area contributed by atoms with Crippen LogP contribution in [0.25, 0.3) is 0 Å². The number of rotatable bonds is 3. The fourth-order valence-corrected chi connectivity index (χ4v) is 2.81. The molecule has 2 N–H and O–H groups in total. The molecule has 0 aromatic carbocycles. The van der Waals surface area contributed by atoms with Gasteiger partial charge in [-0.1, -0.05) is 48.0 Å². The van der Waals surface area contributed by atoms with Crippen LogP contribution >= 0.6 is 0 Å². The molecule has 2 unspecified atom stereocenters. The van der Waals surface area contributed by atoms with E-state index in [0.29, 0.717) is 28.7 Å². The Labute approximate surface area is 83.1 Å². The van der Waals surface area contributed by atoms with Crippen molar-refractivity contribution >= 4 is 0 Å². The normalized spacial score (nSPS) is 29.8. The van der Waals surface area contributed by atoms with E-state index >= 15 is 0 Å². The second-order valence-corrected chi connectivity index (χ2v) is 5.88. The molecule has 0 aliphatic heterocycles. The summed E-state index contributed by atoms with van der Waals surface area (Å²) in [6.45, 7) is 13.9. The minimum absolute atomic E-state index is 0.384. The van der Waals surface area contributed by atoms with Crippen LogP contribution in [0.5, 0.6) is 0 Å². The molecule has 0 aromatic heterocycles. The summed E-state index contributed by atoms with van der Waals surface area (Å²) in [4.78, 5) is 0. The van der Waals surface area contributed by atoms with Gasteiger partial charge in [0.2, 0.25) is 0 Å². The molecule has 0 bridgehead atoms. The highest BCUT2D eigenvalue weighted by Gasteiger charge is 2.66. The predicted molar refractivity (Wildman–Crippen MR) is 58.5 cm³/mol. The lowest BCUT2D eigenvalue weighted by Crippen LogP contribution is -2.32. The molecule has 1 nitrogen and oxygen atoms in total. The average molecular weight is 183 g/mol. The van der Waals surface area contributed by atoms with E-state index in [9.17, 15) is 0 Å². The first-order valence-electron chi connectivity index (χ1n) is 5.52. The van der Waals surface area contributed by atoms with E-state index in [1.54, 1.807) is 0 Å². The van der Waals surface area contributed by atoms with Crippen LogP contribution in [0.1, 0.15) is 48.0 Å². The van der Waals surface area contributed by atoms with Crippen LogP contribution in [0.15, 0.2) is 0 Å². The van der Waals surface area contributed by atoms with Gasteiger partial charge in [-0.2, -0.15) is 0 Å². The molecule has 13 heavy (non-hydrogen) atoms. The van der Waals surface area contributed by atoms with Crippen molar-refractivity contribution in [3.8, 4) is 0 Å². The SMILES string of the molecule is CCC(C)C(N)C1C(C)(C)C1(C)C. The van der Waals surface area contributed by atoms with Crippen molar-refractivity contribution in [3.05, 3.63) is 0 Å². The Morgan fingerprint density at radius 3 is 1.77 bits per heavy atom. The number of hydrogen-bond donors (Lipinski definition) is 1. The summed E-state index contributed by atoms with van der Waals surface area (Å²) in [6.07, 6.45) is 1.20. The van der Waals surface area contributed by atoms with E-state index in [-0.39, 0.29) is 0 Å². The zero-order valence-electron chi connectivity index (χ0n) is 10.0. The third-order valence-electron chi connectivity index (χ3n) is 4.82. The second kappa shape index (κ2) is 2.98. The smallest absolute Gasteiger partial charge is 0.0103 e. The van der Waals surface area contributed by atoms with Gasteiger partial charge in [-0.3, -0.25) is 0 Å². The highest BCUT2D eigenvalue weighted by molar-refractivity contribution is 5.16. The first-order valence-corrected chi connectivity index (χ1v) is 5.52. The highest BCUT2D eigenvalue weighted by Crippen LogP contribution is 2.69. The summed E-state index contributed by atoms with van der Waals surface area (Å²) in [5, 5.41) is 0. The van der Waals surface area contributed by atoms with Crippen molar-refractivity contribution in [2.45, 2.75) is 54.0 Å². The lowest BCUT2D eigenvalue weighted by Gasteiger charge is -2.20. The highest BCUT2D eigenvalue weighted by atomic mass is 14.8. The lowest BCUT2D eigenvalue weighted by molar-refractivity contribution is 0.356. The van der Waals surface area contributed by atoms with Gasteiger partial charge in [0.1, 0.15) is 0 Å². The van der Waals surface area contributed by atoms with E-state index in [4.69, 9.17) is 5.73 Å². The Morgan fingerprint density at radius 2 is 1.54 bits per heavy atom. The van der Waals surface area contributed by atoms with Crippen LogP contribution in [0.4, 0.5) is 0 Å². The molecule has 0 radical (unpaired) electrons. The van der Waals surface area contributed by atoms with Gasteiger partial charge in [0.15, 0.2) is 0 Å². The third-order valence-corrected chi connectivity index (χ3v) is 4.82. The molecular formula is C12H25N. The molecular weight excluding hydrogens is 158 g/mol. The Bertz CT molecular complexity index is 179. The van der Waals surface area contributed by atoms with Gasteiger partial charge in [0.05, 0.1) is 0 Å². The Morgan fingerprint density at radius 1 is 1.15 bits per heavy atom. The monoisotopic (exact) mass is 183 g/mol. The molecule has 2 atom stereocenters. The first kappa shape index (κ1) is 11.0. The van der Waals surface area contributed by atoms with Crippen LogP contribution in [-0.4, -0.2) is 6.04 Å². The second-order valence-electron chi connectivity index (χ2n) is 5.88. The molecule has 1 aliphatic carbocycles. The lowest BCUT2D eigenvalue weighted by atomic mass is 9.91. The zero-order chi connectivity index (χ0) is 10.4. The molecule has 78 valence electrons.